The fourth-order valence-corrected chi connectivity index (χ4v) is 4.82. The van der Waals surface area contributed by atoms with Gasteiger partial charge in [0.1, 0.15) is 5.82 Å². The molecule has 2 saturated heterocycles. The van der Waals surface area contributed by atoms with E-state index in [1.54, 1.807) is 11.8 Å². The van der Waals surface area contributed by atoms with Crippen LogP contribution >= 0.6 is 12.2 Å². The number of alkyl halides is 2. The van der Waals surface area contributed by atoms with Gasteiger partial charge in [0.15, 0.2) is 6.04 Å². The fourth-order valence-electron chi connectivity index (χ4n) is 4.50. The van der Waals surface area contributed by atoms with E-state index in [1.165, 1.54) is 24.1 Å². The highest BCUT2D eigenvalue weighted by Crippen LogP contribution is 2.29. The molecule has 2 aliphatic rings. The van der Waals surface area contributed by atoms with E-state index in [0.29, 0.717) is 6.54 Å². The van der Waals surface area contributed by atoms with Crippen LogP contribution < -0.4 is 5.32 Å². The van der Waals surface area contributed by atoms with Gasteiger partial charge in [0.2, 0.25) is 0 Å². The molecule has 1 aromatic heterocycles. The van der Waals surface area contributed by atoms with E-state index < -0.39 is 35.4 Å². The number of likely N-dealkylation sites (tertiary alicyclic amines) is 2. The minimum absolute atomic E-state index is 0.0237. The van der Waals surface area contributed by atoms with Crippen LogP contribution in [0.15, 0.2) is 17.3 Å². The molecule has 198 valence electrons. The van der Waals surface area contributed by atoms with Crippen LogP contribution in [0.25, 0.3) is 0 Å². The monoisotopic (exact) mass is 523 g/mol. The van der Waals surface area contributed by atoms with Crippen LogP contribution in [-0.2, 0) is 9.59 Å². The fraction of sp³-hybridized carbons (Fsp3) is 0.640. The second-order valence-corrected chi connectivity index (χ2v) is 11.4. The maximum absolute atomic E-state index is 14.1. The molecule has 3 rings (SSSR count). The number of rotatable bonds is 7. The van der Waals surface area contributed by atoms with Gasteiger partial charge in [-0.1, -0.05) is 12.2 Å². The molecule has 2 fully saturated rings. The molecule has 0 aromatic carbocycles. The van der Waals surface area contributed by atoms with Gasteiger partial charge in [-0.25, -0.2) is 13.8 Å². The van der Waals surface area contributed by atoms with Crippen LogP contribution in [0.5, 0.6) is 0 Å². The van der Waals surface area contributed by atoms with Crippen molar-refractivity contribution in [2.45, 2.75) is 84.0 Å². The summed E-state index contributed by atoms with van der Waals surface area (Å²) in [5, 5.41) is 13.0. The number of nitrogens with zero attached hydrogens (tertiary/aromatic N) is 4. The van der Waals surface area contributed by atoms with Crippen LogP contribution in [0.2, 0.25) is 0 Å². The summed E-state index contributed by atoms with van der Waals surface area (Å²) in [5.74, 6) is -0.599. The Hall–Kier alpha value is -2.53. The van der Waals surface area contributed by atoms with Crippen molar-refractivity contribution in [1.29, 1.82) is 0 Å². The van der Waals surface area contributed by atoms with E-state index >= 15 is 0 Å². The highest BCUT2D eigenvalue weighted by atomic mass is 32.1. The van der Waals surface area contributed by atoms with Crippen molar-refractivity contribution in [2.75, 3.05) is 25.0 Å². The molecule has 8 nitrogen and oxygen atoms in total. The predicted molar refractivity (Wildman–Crippen MR) is 139 cm³/mol. The lowest BCUT2D eigenvalue weighted by Crippen LogP contribution is -2.62. The Balaban J connectivity index is 1.99. The third-order valence-electron chi connectivity index (χ3n) is 6.24. The lowest BCUT2D eigenvalue weighted by molar-refractivity contribution is -0.144. The first-order valence-corrected chi connectivity index (χ1v) is 12.5. The number of aliphatic imine (C=N–C) groups is 1. The zero-order valence-corrected chi connectivity index (χ0v) is 22.5. The molecule has 2 aliphatic heterocycles. The Bertz CT molecular complexity index is 1060. The van der Waals surface area contributed by atoms with Gasteiger partial charge >= 0.3 is 0 Å². The molecular formula is C25H35F2N5O3S. The lowest BCUT2D eigenvalue weighted by atomic mass is 9.96. The number of thiocarbonyl (C=S) groups is 1. The van der Waals surface area contributed by atoms with Gasteiger partial charge in [0.05, 0.1) is 29.3 Å². The third kappa shape index (κ3) is 6.42. The highest BCUT2D eigenvalue weighted by molar-refractivity contribution is 7.81. The average Bonchev–Trinajstić information content (AvgIpc) is 3.18. The summed E-state index contributed by atoms with van der Waals surface area (Å²) in [6.45, 7) is 11.4. The Morgan fingerprint density at radius 2 is 1.97 bits per heavy atom. The van der Waals surface area contributed by atoms with Gasteiger partial charge in [0.25, 0.3) is 18.2 Å². The zero-order chi connectivity index (χ0) is 27.0. The standard InChI is InChI=1S/C25H35F2N5O3S/c1-14-8-7-9-32(14)23(34)19(29-15(2)22(33)31-12-25(6,35)13-31)20(36)17-11-28-18(30-24(3,4)5)10-16(17)21(26)27/h10-11,14,19,21,35H,7-9,12-13H2,1-6H3,(H,28,30)/t14-,19?/m0/s1. The van der Waals surface area contributed by atoms with Crippen molar-refractivity contribution in [2.24, 2.45) is 4.99 Å². The predicted octanol–water partition coefficient (Wildman–Crippen LogP) is 3.38. The molecule has 1 unspecified atom stereocenters. The summed E-state index contributed by atoms with van der Waals surface area (Å²) >= 11 is 5.59. The van der Waals surface area contributed by atoms with Crippen molar-refractivity contribution in [1.82, 2.24) is 14.8 Å². The van der Waals surface area contributed by atoms with Gasteiger partial charge in [-0.15, -0.1) is 0 Å². The number of β-amino-alcohol motifs (C(OH)–C–C–N with tert-alkyl or cyclic N) is 1. The third-order valence-corrected chi connectivity index (χ3v) is 6.68. The van der Waals surface area contributed by atoms with Crippen LogP contribution in [-0.4, -0.2) is 85.1 Å². The summed E-state index contributed by atoms with van der Waals surface area (Å²) in [6.07, 6.45) is 0.00356. The van der Waals surface area contributed by atoms with Crippen LogP contribution in [0.3, 0.4) is 0 Å². The normalized spacial score (nSPS) is 20.8. The zero-order valence-electron chi connectivity index (χ0n) is 21.6. The minimum Gasteiger partial charge on any atom is -0.386 e. The number of aromatic nitrogens is 1. The van der Waals surface area contributed by atoms with Crippen LogP contribution in [0.4, 0.5) is 14.6 Å². The summed E-state index contributed by atoms with van der Waals surface area (Å²) in [4.78, 5) is 38.0. The lowest BCUT2D eigenvalue weighted by Gasteiger charge is -2.44. The van der Waals surface area contributed by atoms with Crippen molar-refractivity contribution in [3.05, 3.63) is 23.4 Å². The first-order valence-electron chi connectivity index (χ1n) is 12.1. The molecule has 0 aliphatic carbocycles. The van der Waals surface area contributed by atoms with E-state index in [-0.39, 0.29) is 46.7 Å². The SMILES string of the molecule is CC(=NC(C(=O)N1CCC[C@@H]1C)C(=S)c1cnc(NC(C)(C)C)cc1C(F)F)C(=O)N1CC(C)(O)C1. The molecule has 2 N–H and O–H groups in total. The number of hydrogen-bond acceptors (Lipinski definition) is 7. The Morgan fingerprint density at radius 3 is 2.47 bits per heavy atom. The summed E-state index contributed by atoms with van der Waals surface area (Å²) in [7, 11) is 0. The van der Waals surface area contributed by atoms with Gasteiger partial charge in [-0.3, -0.25) is 14.6 Å². The van der Waals surface area contributed by atoms with Crippen molar-refractivity contribution >= 4 is 40.4 Å². The number of amides is 2. The molecule has 0 radical (unpaired) electrons. The van der Waals surface area contributed by atoms with Crippen molar-refractivity contribution in [3.63, 3.8) is 0 Å². The molecule has 0 bridgehead atoms. The Morgan fingerprint density at radius 1 is 1.33 bits per heavy atom. The minimum atomic E-state index is -2.86. The number of carbonyl (C=O) groups is 2. The number of nitrogens with one attached hydrogen (secondary N) is 1. The summed E-state index contributed by atoms with van der Waals surface area (Å²) in [6, 6.07) is -0.140. The summed E-state index contributed by atoms with van der Waals surface area (Å²) in [5.41, 5.74) is -1.74. The number of hydrogen-bond donors (Lipinski definition) is 2. The maximum Gasteiger partial charge on any atom is 0.267 e. The molecule has 1 aromatic rings. The second-order valence-electron chi connectivity index (χ2n) is 11.0. The first-order chi connectivity index (χ1) is 16.6. The molecule has 2 atom stereocenters. The van der Waals surface area contributed by atoms with Gasteiger partial charge in [0, 0.05) is 35.4 Å². The number of halogens is 2. The Kier molecular flexibility index (Phi) is 8.14. The average molecular weight is 524 g/mol. The van der Waals surface area contributed by atoms with E-state index in [1.807, 2.05) is 27.7 Å². The quantitative estimate of drug-likeness (QED) is 0.323. The molecule has 11 heteroatoms. The number of pyridine rings is 1. The first kappa shape index (κ1) is 28.0. The van der Waals surface area contributed by atoms with E-state index in [0.717, 1.165) is 12.8 Å². The van der Waals surface area contributed by atoms with E-state index in [4.69, 9.17) is 12.2 Å². The van der Waals surface area contributed by atoms with Gasteiger partial charge in [-0.05, 0) is 60.5 Å². The smallest absolute Gasteiger partial charge is 0.267 e. The maximum atomic E-state index is 14.1. The number of carbonyl (C=O) groups excluding carboxylic acids is 2. The van der Waals surface area contributed by atoms with Crippen molar-refractivity contribution in [3.8, 4) is 0 Å². The largest absolute Gasteiger partial charge is 0.386 e. The van der Waals surface area contributed by atoms with Crippen LogP contribution in [0.1, 0.15) is 71.9 Å². The number of aliphatic hydroxyl groups is 1. The number of anilines is 1. The molecular weight excluding hydrogens is 488 g/mol. The summed E-state index contributed by atoms with van der Waals surface area (Å²) < 4.78 is 28.2. The molecule has 2 amide bonds. The Labute approximate surface area is 216 Å². The molecule has 36 heavy (non-hydrogen) atoms. The van der Waals surface area contributed by atoms with Gasteiger partial charge < -0.3 is 20.2 Å². The van der Waals surface area contributed by atoms with Crippen LogP contribution in [0, 0.1) is 0 Å². The van der Waals surface area contributed by atoms with Crippen molar-refractivity contribution < 1.29 is 23.5 Å². The topological polar surface area (TPSA) is 98.1 Å². The molecule has 3 heterocycles. The van der Waals surface area contributed by atoms with Gasteiger partial charge in [-0.2, -0.15) is 0 Å². The van der Waals surface area contributed by atoms with E-state index in [9.17, 15) is 23.5 Å². The second kappa shape index (κ2) is 10.5. The highest BCUT2D eigenvalue weighted by Gasteiger charge is 2.41. The molecule has 0 spiro atoms. The van der Waals surface area contributed by atoms with E-state index in [2.05, 4.69) is 15.3 Å². The molecule has 0 saturated carbocycles.